The molecule has 0 heterocycles. The van der Waals surface area contributed by atoms with Crippen LogP contribution in [0.25, 0.3) is 16.0 Å². The van der Waals surface area contributed by atoms with Gasteiger partial charge < -0.3 is 0 Å². The second kappa shape index (κ2) is 5.67. The fourth-order valence-electron chi connectivity index (χ4n) is 2.13. The maximum absolute atomic E-state index is 13.1. The Balaban J connectivity index is 2.35. The summed E-state index contributed by atoms with van der Waals surface area (Å²) in [7, 11) is 0. The van der Waals surface area contributed by atoms with Crippen LogP contribution in [0, 0.1) is 18.3 Å². The van der Waals surface area contributed by atoms with E-state index in [4.69, 9.17) is 6.57 Å². The summed E-state index contributed by atoms with van der Waals surface area (Å²) in [5, 5.41) is 0. The third-order valence-corrected chi connectivity index (χ3v) is 2.99. The van der Waals surface area contributed by atoms with Gasteiger partial charge in [-0.05, 0) is 41.2 Å². The first-order chi connectivity index (χ1) is 9.10. The third-order valence-electron chi connectivity index (χ3n) is 2.99. The van der Waals surface area contributed by atoms with E-state index in [0.29, 0.717) is 11.6 Å². The average molecular weight is 253 g/mol. The SMILES string of the molecule is [C-]#[N+]c1cc(F)ccc1-c1ccc(CC(C)C)cc1. The van der Waals surface area contributed by atoms with Gasteiger partial charge in [0.2, 0.25) is 0 Å². The number of rotatable bonds is 3. The van der Waals surface area contributed by atoms with E-state index in [1.807, 2.05) is 12.1 Å². The van der Waals surface area contributed by atoms with Crippen molar-refractivity contribution < 1.29 is 4.39 Å². The van der Waals surface area contributed by atoms with Crippen molar-refractivity contribution >= 4 is 5.69 Å². The highest BCUT2D eigenvalue weighted by molar-refractivity contribution is 5.78. The van der Waals surface area contributed by atoms with Crippen LogP contribution in [-0.4, -0.2) is 0 Å². The van der Waals surface area contributed by atoms with Crippen molar-refractivity contribution in [2.24, 2.45) is 5.92 Å². The second-order valence-electron chi connectivity index (χ2n) is 5.07. The van der Waals surface area contributed by atoms with Gasteiger partial charge in [0.25, 0.3) is 0 Å². The van der Waals surface area contributed by atoms with Gasteiger partial charge in [-0.15, -0.1) is 0 Å². The summed E-state index contributed by atoms with van der Waals surface area (Å²) < 4.78 is 13.1. The predicted molar refractivity (Wildman–Crippen MR) is 76.6 cm³/mol. The lowest BCUT2D eigenvalue weighted by Crippen LogP contribution is -1.93. The topological polar surface area (TPSA) is 4.36 Å². The smallest absolute Gasteiger partial charge is 0.197 e. The van der Waals surface area contributed by atoms with E-state index in [0.717, 1.165) is 17.5 Å². The van der Waals surface area contributed by atoms with E-state index in [9.17, 15) is 4.39 Å². The van der Waals surface area contributed by atoms with Gasteiger partial charge in [0.05, 0.1) is 6.57 Å². The molecule has 0 N–H and O–H groups in total. The summed E-state index contributed by atoms with van der Waals surface area (Å²) in [4.78, 5) is 3.39. The lowest BCUT2D eigenvalue weighted by Gasteiger charge is -2.08. The Morgan fingerprint density at radius 2 is 1.79 bits per heavy atom. The molecule has 2 aromatic rings. The van der Waals surface area contributed by atoms with E-state index in [2.05, 4.69) is 30.8 Å². The van der Waals surface area contributed by atoms with E-state index in [1.54, 1.807) is 6.07 Å². The van der Waals surface area contributed by atoms with Gasteiger partial charge in [0.1, 0.15) is 5.82 Å². The number of hydrogen-bond donors (Lipinski definition) is 0. The third kappa shape index (κ3) is 3.20. The molecule has 2 heteroatoms. The zero-order valence-corrected chi connectivity index (χ0v) is 11.2. The normalized spacial score (nSPS) is 10.5. The van der Waals surface area contributed by atoms with Gasteiger partial charge >= 0.3 is 0 Å². The molecule has 2 rings (SSSR count). The summed E-state index contributed by atoms with van der Waals surface area (Å²) in [6.07, 6.45) is 1.04. The van der Waals surface area contributed by atoms with Gasteiger partial charge in [0, 0.05) is 0 Å². The molecule has 0 unspecified atom stereocenters. The number of benzene rings is 2. The zero-order chi connectivity index (χ0) is 13.8. The highest BCUT2D eigenvalue weighted by Crippen LogP contribution is 2.31. The minimum atomic E-state index is -0.369. The average Bonchev–Trinajstić information content (AvgIpc) is 2.39. The van der Waals surface area contributed by atoms with Crippen LogP contribution in [0.3, 0.4) is 0 Å². The molecule has 0 aliphatic rings. The molecule has 0 fully saturated rings. The molecule has 19 heavy (non-hydrogen) atoms. The minimum absolute atomic E-state index is 0.358. The lowest BCUT2D eigenvalue weighted by molar-refractivity contribution is 0.629. The Kier molecular flexibility index (Phi) is 3.97. The van der Waals surface area contributed by atoms with Crippen LogP contribution >= 0.6 is 0 Å². The van der Waals surface area contributed by atoms with E-state index < -0.39 is 0 Å². The van der Waals surface area contributed by atoms with Gasteiger partial charge in [-0.1, -0.05) is 44.2 Å². The van der Waals surface area contributed by atoms with Crippen molar-refractivity contribution in [2.75, 3.05) is 0 Å². The minimum Gasteiger partial charge on any atom is -0.237 e. The predicted octanol–water partition coefficient (Wildman–Crippen LogP) is 5.24. The Bertz CT molecular complexity index is 606. The first kappa shape index (κ1) is 13.3. The highest BCUT2D eigenvalue weighted by Gasteiger charge is 2.06. The van der Waals surface area contributed by atoms with Crippen LogP contribution < -0.4 is 0 Å². The van der Waals surface area contributed by atoms with Crippen molar-refractivity contribution in [1.29, 1.82) is 0 Å². The van der Waals surface area contributed by atoms with Crippen molar-refractivity contribution in [1.82, 2.24) is 0 Å². The monoisotopic (exact) mass is 253 g/mol. The Morgan fingerprint density at radius 1 is 1.11 bits per heavy atom. The van der Waals surface area contributed by atoms with Crippen LogP contribution in [0.5, 0.6) is 0 Å². The molecule has 0 saturated heterocycles. The van der Waals surface area contributed by atoms with Gasteiger partial charge in [0.15, 0.2) is 5.69 Å². The first-order valence-electron chi connectivity index (χ1n) is 6.36. The molecule has 0 saturated carbocycles. The fraction of sp³-hybridized carbons (Fsp3) is 0.235. The molecule has 0 bridgehead atoms. The fourth-order valence-corrected chi connectivity index (χ4v) is 2.13. The van der Waals surface area contributed by atoms with Gasteiger partial charge in [-0.25, -0.2) is 9.24 Å². The molecule has 0 aliphatic carbocycles. The van der Waals surface area contributed by atoms with Crippen molar-refractivity contribution in [3.63, 3.8) is 0 Å². The Hall–Kier alpha value is -2.14. The van der Waals surface area contributed by atoms with Crippen LogP contribution in [0.4, 0.5) is 10.1 Å². The van der Waals surface area contributed by atoms with Gasteiger partial charge in [-0.3, -0.25) is 0 Å². The van der Waals surface area contributed by atoms with Crippen molar-refractivity contribution in [3.8, 4) is 11.1 Å². The Morgan fingerprint density at radius 3 is 2.37 bits per heavy atom. The van der Waals surface area contributed by atoms with Crippen LogP contribution in [0.1, 0.15) is 19.4 Å². The number of halogens is 1. The van der Waals surface area contributed by atoms with Crippen LogP contribution in [-0.2, 0) is 6.42 Å². The molecule has 0 spiro atoms. The maximum Gasteiger partial charge on any atom is 0.197 e. The molecule has 0 atom stereocenters. The van der Waals surface area contributed by atoms with E-state index in [-0.39, 0.29) is 5.82 Å². The van der Waals surface area contributed by atoms with E-state index in [1.165, 1.54) is 17.7 Å². The summed E-state index contributed by atoms with van der Waals surface area (Å²) in [6.45, 7) is 11.5. The number of hydrogen-bond acceptors (Lipinski definition) is 0. The largest absolute Gasteiger partial charge is 0.237 e. The molecule has 0 amide bonds. The summed E-state index contributed by atoms with van der Waals surface area (Å²) in [5.41, 5.74) is 3.38. The standard InChI is InChI=1S/C17H16FN/c1-12(2)10-13-4-6-14(7-5-13)16-9-8-15(18)11-17(16)19-3/h4-9,11-12H,10H2,1-2H3. The lowest BCUT2D eigenvalue weighted by atomic mass is 9.98. The van der Waals surface area contributed by atoms with Crippen LogP contribution in [0.2, 0.25) is 0 Å². The van der Waals surface area contributed by atoms with Crippen molar-refractivity contribution in [3.05, 3.63) is 65.3 Å². The first-order valence-corrected chi connectivity index (χ1v) is 6.36. The number of nitrogens with zero attached hydrogens (tertiary/aromatic N) is 1. The summed E-state index contributed by atoms with van der Waals surface area (Å²) >= 11 is 0. The van der Waals surface area contributed by atoms with E-state index >= 15 is 0 Å². The molecule has 0 radical (unpaired) electrons. The molecule has 1 nitrogen and oxygen atoms in total. The molecule has 0 aromatic heterocycles. The quantitative estimate of drug-likeness (QED) is 0.659. The highest BCUT2D eigenvalue weighted by atomic mass is 19.1. The van der Waals surface area contributed by atoms with Crippen molar-refractivity contribution in [2.45, 2.75) is 20.3 Å². The summed E-state index contributed by atoms with van der Waals surface area (Å²) in [6, 6.07) is 12.5. The zero-order valence-electron chi connectivity index (χ0n) is 11.2. The maximum atomic E-state index is 13.1. The molecule has 2 aromatic carbocycles. The Labute approximate surface area is 113 Å². The molecule has 96 valence electrons. The summed E-state index contributed by atoms with van der Waals surface area (Å²) in [5.74, 6) is 0.252. The van der Waals surface area contributed by atoms with Crippen LogP contribution in [0.15, 0.2) is 42.5 Å². The molecule has 0 aliphatic heterocycles. The molecular formula is C17H16FN. The molecular weight excluding hydrogens is 237 g/mol. The second-order valence-corrected chi connectivity index (χ2v) is 5.07. The van der Waals surface area contributed by atoms with Gasteiger partial charge in [-0.2, -0.15) is 0 Å².